The molecular formula is C7H9BN2O. The molecule has 0 aliphatic carbocycles. The van der Waals surface area contributed by atoms with E-state index < -0.39 is 0 Å². The van der Waals surface area contributed by atoms with Crippen molar-refractivity contribution in [3.8, 4) is 5.75 Å². The SMILES string of the molecule is Bc1ccc2c(n1)NCCO2. The van der Waals surface area contributed by atoms with Gasteiger partial charge in [0, 0.05) is 0 Å². The first kappa shape index (κ1) is 6.52. The van der Waals surface area contributed by atoms with E-state index in [-0.39, 0.29) is 0 Å². The molecule has 1 aromatic heterocycles. The van der Waals surface area contributed by atoms with Gasteiger partial charge in [0.1, 0.15) is 6.61 Å². The van der Waals surface area contributed by atoms with Gasteiger partial charge in [0.25, 0.3) is 0 Å². The molecule has 0 atom stereocenters. The Balaban J connectivity index is 2.43. The molecule has 0 aromatic carbocycles. The van der Waals surface area contributed by atoms with Crippen molar-refractivity contribution >= 4 is 19.3 Å². The van der Waals surface area contributed by atoms with Crippen molar-refractivity contribution in [1.82, 2.24) is 4.98 Å². The third-order valence-corrected chi connectivity index (χ3v) is 1.65. The molecule has 0 radical (unpaired) electrons. The molecular weight excluding hydrogens is 139 g/mol. The van der Waals surface area contributed by atoms with Gasteiger partial charge in [-0.2, -0.15) is 0 Å². The van der Waals surface area contributed by atoms with Gasteiger partial charge in [0.2, 0.25) is 0 Å². The van der Waals surface area contributed by atoms with Crippen LogP contribution in [0, 0.1) is 0 Å². The molecule has 2 rings (SSSR count). The number of nitrogens with one attached hydrogen (secondary N) is 1. The summed E-state index contributed by atoms with van der Waals surface area (Å²) in [5.74, 6) is 1.73. The van der Waals surface area contributed by atoms with Crippen molar-refractivity contribution in [2.45, 2.75) is 0 Å². The fourth-order valence-corrected chi connectivity index (χ4v) is 1.12. The predicted molar refractivity (Wildman–Crippen MR) is 46.4 cm³/mol. The third-order valence-electron chi connectivity index (χ3n) is 1.65. The zero-order valence-electron chi connectivity index (χ0n) is 6.42. The lowest BCUT2D eigenvalue weighted by Gasteiger charge is -2.17. The summed E-state index contributed by atoms with van der Waals surface area (Å²) in [6.45, 7) is 1.58. The zero-order chi connectivity index (χ0) is 7.68. The van der Waals surface area contributed by atoms with Gasteiger partial charge in [-0.15, -0.1) is 0 Å². The van der Waals surface area contributed by atoms with Crippen molar-refractivity contribution in [2.75, 3.05) is 18.5 Å². The molecule has 0 saturated heterocycles. The van der Waals surface area contributed by atoms with Crippen LogP contribution in [0.1, 0.15) is 0 Å². The van der Waals surface area contributed by atoms with Crippen LogP contribution in [0.15, 0.2) is 12.1 Å². The molecule has 0 unspecified atom stereocenters. The quantitative estimate of drug-likeness (QED) is 0.486. The lowest BCUT2D eigenvalue weighted by Crippen LogP contribution is -2.22. The lowest BCUT2D eigenvalue weighted by molar-refractivity contribution is 0.321. The fourth-order valence-electron chi connectivity index (χ4n) is 1.12. The molecule has 0 fully saturated rings. The topological polar surface area (TPSA) is 34.2 Å². The molecule has 56 valence electrons. The Kier molecular flexibility index (Phi) is 1.45. The van der Waals surface area contributed by atoms with Crippen LogP contribution >= 0.6 is 0 Å². The molecule has 1 aliphatic rings. The standard InChI is InChI=1S/C7H9BN2O/c8-6-2-1-5-7(10-6)9-3-4-11-5/h1-2H,3-4,8H2,(H,9,10). The van der Waals surface area contributed by atoms with Crippen LogP contribution < -0.4 is 15.6 Å². The number of hydrogen-bond acceptors (Lipinski definition) is 3. The normalized spacial score (nSPS) is 14.5. The van der Waals surface area contributed by atoms with Gasteiger partial charge in [-0.25, -0.2) is 4.98 Å². The number of pyridine rings is 1. The number of hydrogen-bond donors (Lipinski definition) is 1. The second-order valence-electron chi connectivity index (χ2n) is 2.57. The molecule has 1 N–H and O–H groups in total. The number of rotatable bonds is 0. The Morgan fingerprint density at radius 1 is 1.55 bits per heavy atom. The number of ether oxygens (including phenoxy) is 1. The van der Waals surface area contributed by atoms with E-state index in [1.54, 1.807) is 0 Å². The third kappa shape index (κ3) is 1.16. The summed E-state index contributed by atoms with van der Waals surface area (Å²) < 4.78 is 5.35. The maximum absolute atomic E-state index is 5.35. The average Bonchev–Trinajstić information content (AvgIpc) is 2.04. The zero-order valence-corrected chi connectivity index (χ0v) is 6.42. The van der Waals surface area contributed by atoms with Gasteiger partial charge in [-0.1, -0.05) is 0 Å². The lowest BCUT2D eigenvalue weighted by atomic mass is 10.0. The monoisotopic (exact) mass is 148 g/mol. The van der Waals surface area contributed by atoms with E-state index in [4.69, 9.17) is 4.74 Å². The minimum Gasteiger partial charge on any atom is -0.488 e. The first-order chi connectivity index (χ1) is 5.36. The van der Waals surface area contributed by atoms with Crippen molar-refractivity contribution in [3.05, 3.63) is 12.1 Å². The van der Waals surface area contributed by atoms with Crippen LogP contribution in [0.3, 0.4) is 0 Å². The highest BCUT2D eigenvalue weighted by molar-refractivity contribution is 6.30. The highest BCUT2D eigenvalue weighted by Gasteiger charge is 2.09. The highest BCUT2D eigenvalue weighted by atomic mass is 16.5. The Hall–Kier alpha value is -1.19. The van der Waals surface area contributed by atoms with Gasteiger partial charge in [-0.05, 0) is 17.7 Å². The Morgan fingerprint density at radius 2 is 2.45 bits per heavy atom. The average molecular weight is 148 g/mol. The van der Waals surface area contributed by atoms with E-state index in [1.165, 1.54) is 0 Å². The van der Waals surface area contributed by atoms with Crippen LogP contribution in [-0.4, -0.2) is 26.0 Å². The summed E-state index contributed by atoms with van der Waals surface area (Å²) in [4.78, 5) is 4.28. The number of anilines is 1. The maximum atomic E-state index is 5.35. The molecule has 0 spiro atoms. The van der Waals surface area contributed by atoms with E-state index >= 15 is 0 Å². The molecule has 11 heavy (non-hydrogen) atoms. The second-order valence-corrected chi connectivity index (χ2v) is 2.57. The molecule has 1 aliphatic heterocycles. The molecule has 2 heterocycles. The van der Waals surface area contributed by atoms with Crippen molar-refractivity contribution in [1.29, 1.82) is 0 Å². The van der Waals surface area contributed by atoms with Crippen molar-refractivity contribution in [2.24, 2.45) is 0 Å². The largest absolute Gasteiger partial charge is 0.488 e. The minimum absolute atomic E-state index is 0.734. The van der Waals surface area contributed by atoms with E-state index in [1.807, 2.05) is 20.0 Å². The summed E-state index contributed by atoms with van der Waals surface area (Å²) in [6.07, 6.45) is 0. The summed E-state index contributed by atoms with van der Waals surface area (Å²) in [5, 5.41) is 3.17. The molecule has 0 saturated carbocycles. The van der Waals surface area contributed by atoms with Crippen LogP contribution in [0.25, 0.3) is 0 Å². The maximum Gasteiger partial charge on any atom is 0.168 e. The van der Waals surface area contributed by atoms with E-state index in [9.17, 15) is 0 Å². The highest BCUT2D eigenvalue weighted by Crippen LogP contribution is 2.21. The van der Waals surface area contributed by atoms with Crippen molar-refractivity contribution in [3.63, 3.8) is 0 Å². The molecule has 0 amide bonds. The van der Waals surface area contributed by atoms with Gasteiger partial charge < -0.3 is 10.1 Å². The van der Waals surface area contributed by atoms with Crippen LogP contribution in [-0.2, 0) is 0 Å². The molecule has 1 aromatic rings. The number of aromatic nitrogens is 1. The molecule has 4 heteroatoms. The Morgan fingerprint density at radius 3 is 3.36 bits per heavy atom. The molecule has 0 bridgehead atoms. The first-order valence-corrected chi connectivity index (χ1v) is 3.70. The fraction of sp³-hybridized carbons (Fsp3) is 0.286. The number of nitrogens with zero attached hydrogens (tertiary/aromatic N) is 1. The smallest absolute Gasteiger partial charge is 0.168 e. The Labute approximate surface area is 66.2 Å². The first-order valence-electron chi connectivity index (χ1n) is 3.70. The van der Waals surface area contributed by atoms with E-state index in [0.717, 1.165) is 30.3 Å². The minimum atomic E-state index is 0.734. The van der Waals surface area contributed by atoms with Crippen LogP contribution in [0.5, 0.6) is 5.75 Å². The second kappa shape index (κ2) is 2.45. The summed E-state index contributed by atoms with van der Waals surface area (Å²) in [5.41, 5.74) is 1.02. The number of fused-ring (bicyclic) bond motifs is 1. The van der Waals surface area contributed by atoms with Crippen LogP contribution in [0.4, 0.5) is 5.82 Å². The van der Waals surface area contributed by atoms with Crippen LogP contribution in [0.2, 0.25) is 0 Å². The Bertz CT molecular complexity index is 277. The summed E-state index contributed by atoms with van der Waals surface area (Å²) >= 11 is 0. The van der Waals surface area contributed by atoms with Gasteiger partial charge in [0.15, 0.2) is 19.4 Å². The van der Waals surface area contributed by atoms with Crippen molar-refractivity contribution < 1.29 is 4.74 Å². The van der Waals surface area contributed by atoms with E-state index in [2.05, 4.69) is 10.3 Å². The van der Waals surface area contributed by atoms with Gasteiger partial charge >= 0.3 is 0 Å². The predicted octanol–water partition coefficient (Wildman–Crippen LogP) is -0.856. The van der Waals surface area contributed by atoms with E-state index in [0.29, 0.717) is 0 Å². The van der Waals surface area contributed by atoms with Gasteiger partial charge in [0.05, 0.1) is 6.54 Å². The molecule has 3 nitrogen and oxygen atoms in total. The summed E-state index contributed by atoms with van der Waals surface area (Å²) in [7, 11) is 1.97. The summed E-state index contributed by atoms with van der Waals surface area (Å²) in [6, 6.07) is 3.90. The van der Waals surface area contributed by atoms with Gasteiger partial charge in [-0.3, -0.25) is 0 Å².